The van der Waals surface area contributed by atoms with E-state index >= 15 is 0 Å². The molecule has 192 valence electrons. The van der Waals surface area contributed by atoms with Crippen molar-refractivity contribution in [2.75, 3.05) is 25.1 Å². The van der Waals surface area contributed by atoms with Crippen molar-refractivity contribution in [1.29, 1.82) is 0 Å². The van der Waals surface area contributed by atoms with Crippen LogP contribution in [0.2, 0.25) is 0 Å². The number of rotatable bonds is 13. The largest absolute Gasteiger partial charge is 0.489 e. The molecular weight excluding hydrogens is 456 g/mol. The minimum atomic E-state index is 0.597. The number of nitrogens with one attached hydrogen (secondary N) is 1. The van der Waals surface area contributed by atoms with Gasteiger partial charge in [0.2, 0.25) is 0 Å². The van der Waals surface area contributed by atoms with Crippen molar-refractivity contribution in [3.05, 3.63) is 101 Å². The van der Waals surface area contributed by atoms with E-state index in [-0.39, 0.29) is 0 Å². The van der Waals surface area contributed by atoms with Gasteiger partial charge in [-0.3, -0.25) is 4.98 Å². The van der Waals surface area contributed by atoms with Crippen molar-refractivity contribution in [2.45, 2.75) is 58.0 Å². The van der Waals surface area contributed by atoms with Crippen LogP contribution >= 0.6 is 0 Å². The highest BCUT2D eigenvalue weighted by Gasteiger charge is 2.17. The Bertz CT molecular complexity index is 1250. The molecule has 5 rings (SSSR count). The van der Waals surface area contributed by atoms with E-state index in [1.54, 1.807) is 0 Å². The molecule has 1 aliphatic rings. The van der Waals surface area contributed by atoms with Gasteiger partial charge in [-0.05, 0) is 86.3 Å². The Hall–Kier alpha value is -3.37. The smallest absolute Gasteiger partial charge is 0.119 e. The maximum Gasteiger partial charge on any atom is 0.119 e. The third kappa shape index (κ3) is 7.11. The maximum atomic E-state index is 5.91. The Labute approximate surface area is 221 Å². The van der Waals surface area contributed by atoms with E-state index in [4.69, 9.17) is 14.5 Å². The molecular formula is C33H38N2O2. The van der Waals surface area contributed by atoms with Gasteiger partial charge in [-0.25, -0.2) is 0 Å². The fourth-order valence-corrected chi connectivity index (χ4v) is 5.08. The zero-order valence-electron chi connectivity index (χ0n) is 21.8. The first-order valence-electron chi connectivity index (χ1n) is 13.8. The molecule has 0 bridgehead atoms. The van der Waals surface area contributed by atoms with E-state index in [0.717, 1.165) is 63.1 Å². The van der Waals surface area contributed by atoms with Gasteiger partial charge in [0.25, 0.3) is 0 Å². The Balaban J connectivity index is 0.970. The zero-order valence-corrected chi connectivity index (χ0v) is 21.8. The fourth-order valence-electron chi connectivity index (χ4n) is 5.08. The van der Waals surface area contributed by atoms with E-state index in [9.17, 15) is 0 Å². The SMILES string of the molecule is c1ccc(COc2ccc(CCOCCCCCNc3c4c(nc5ccccc35)CCCC4)cc2)cc1. The molecule has 1 heterocycles. The molecule has 1 N–H and O–H groups in total. The molecule has 0 saturated heterocycles. The first-order valence-corrected chi connectivity index (χ1v) is 13.8. The van der Waals surface area contributed by atoms with Crippen molar-refractivity contribution >= 4 is 16.6 Å². The number of hydrogen-bond acceptors (Lipinski definition) is 4. The van der Waals surface area contributed by atoms with Crippen molar-refractivity contribution in [3.63, 3.8) is 0 Å². The Morgan fingerprint density at radius 2 is 1.54 bits per heavy atom. The number of nitrogens with zero attached hydrogens (tertiary/aromatic N) is 1. The Morgan fingerprint density at radius 1 is 0.730 bits per heavy atom. The van der Waals surface area contributed by atoms with Crippen molar-refractivity contribution in [2.24, 2.45) is 0 Å². The number of aromatic nitrogens is 1. The average Bonchev–Trinajstić information content (AvgIpc) is 2.96. The summed E-state index contributed by atoms with van der Waals surface area (Å²) in [5, 5.41) is 5.04. The minimum Gasteiger partial charge on any atom is -0.489 e. The second kappa shape index (κ2) is 13.3. The zero-order chi connectivity index (χ0) is 25.1. The molecule has 1 aromatic heterocycles. The van der Waals surface area contributed by atoms with Crippen LogP contribution in [0.1, 0.15) is 54.5 Å². The quantitative estimate of drug-likeness (QED) is 0.195. The molecule has 3 aromatic carbocycles. The summed E-state index contributed by atoms with van der Waals surface area (Å²) in [6, 6.07) is 27.2. The molecule has 4 heteroatoms. The Kier molecular flexibility index (Phi) is 9.06. The second-order valence-corrected chi connectivity index (χ2v) is 9.90. The van der Waals surface area contributed by atoms with Crippen LogP contribution in [0.5, 0.6) is 5.75 Å². The molecule has 4 aromatic rings. The van der Waals surface area contributed by atoms with E-state index in [1.165, 1.54) is 52.7 Å². The molecule has 0 amide bonds. The number of hydrogen-bond donors (Lipinski definition) is 1. The van der Waals surface area contributed by atoms with Crippen LogP contribution in [0.3, 0.4) is 0 Å². The summed E-state index contributed by atoms with van der Waals surface area (Å²) >= 11 is 0. The first-order chi connectivity index (χ1) is 18.4. The average molecular weight is 495 g/mol. The summed E-state index contributed by atoms with van der Waals surface area (Å²) < 4.78 is 11.8. The van der Waals surface area contributed by atoms with E-state index in [2.05, 4.69) is 66.0 Å². The number of aryl methyl sites for hydroxylation is 1. The number of fused-ring (bicyclic) bond motifs is 2. The standard InChI is InChI=1S/C33H38N2O2/c1-3-11-27(12-4-1)25-37-28-19-17-26(18-20-28)21-24-36-23-10-2-9-22-34-33-29-13-5-7-15-31(29)35-32-16-8-6-14-30(32)33/h1,3-5,7,11-13,15,17-20H,2,6,8-10,14,16,21-25H2,(H,34,35). The lowest BCUT2D eigenvalue weighted by molar-refractivity contribution is 0.133. The third-order valence-electron chi connectivity index (χ3n) is 7.14. The summed E-state index contributed by atoms with van der Waals surface area (Å²) in [6.07, 6.45) is 9.14. The van der Waals surface area contributed by atoms with Gasteiger partial charge in [-0.2, -0.15) is 0 Å². The lowest BCUT2D eigenvalue weighted by Gasteiger charge is -2.21. The minimum absolute atomic E-state index is 0.597. The summed E-state index contributed by atoms with van der Waals surface area (Å²) in [6.45, 7) is 3.18. The van der Waals surface area contributed by atoms with Gasteiger partial charge in [0.1, 0.15) is 12.4 Å². The number of anilines is 1. The van der Waals surface area contributed by atoms with E-state index < -0.39 is 0 Å². The van der Waals surface area contributed by atoms with Crippen LogP contribution in [-0.4, -0.2) is 24.7 Å². The van der Waals surface area contributed by atoms with Gasteiger partial charge in [-0.15, -0.1) is 0 Å². The molecule has 1 aliphatic carbocycles. The molecule has 0 fully saturated rings. The fraction of sp³-hybridized carbons (Fsp3) is 0.364. The van der Waals surface area contributed by atoms with Gasteiger partial charge in [0.15, 0.2) is 0 Å². The van der Waals surface area contributed by atoms with Gasteiger partial charge < -0.3 is 14.8 Å². The Morgan fingerprint density at radius 3 is 2.43 bits per heavy atom. The van der Waals surface area contributed by atoms with Gasteiger partial charge in [-0.1, -0.05) is 60.7 Å². The topological polar surface area (TPSA) is 43.4 Å². The molecule has 0 atom stereocenters. The molecule has 0 spiro atoms. The lowest BCUT2D eigenvalue weighted by Crippen LogP contribution is -2.12. The monoisotopic (exact) mass is 494 g/mol. The van der Waals surface area contributed by atoms with Crippen LogP contribution in [0.15, 0.2) is 78.9 Å². The highest BCUT2D eigenvalue weighted by atomic mass is 16.5. The normalized spacial score (nSPS) is 12.9. The molecule has 0 unspecified atom stereocenters. The molecule has 0 radical (unpaired) electrons. The second-order valence-electron chi connectivity index (χ2n) is 9.90. The van der Waals surface area contributed by atoms with Crippen LogP contribution in [0.4, 0.5) is 5.69 Å². The van der Waals surface area contributed by atoms with Crippen LogP contribution < -0.4 is 10.1 Å². The number of ether oxygens (including phenoxy) is 2. The number of unbranched alkanes of at least 4 members (excludes halogenated alkanes) is 2. The number of benzene rings is 3. The molecule has 4 nitrogen and oxygen atoms in total. The summed E-state index contributed by atoms with van der Waals surface area (Å²) in [5.41, 5.74) is 7.66. The molecule has 0 aliphatic heterocycles. The van der Waals surface area contributed by atoms with E-state index in [0.29, 0.717) is 6.61 Å². The molecule has 0 saturated carbocycles. The van der Waals surface area contributed by atoms with Gasteiger partial charge in [0, 0.05) is 29.9 Å². The van der Waals surface area contributed by atoms with Crippen molar-refractivity contribution < 1.29 is 9.47 Å². The third-order valence-corrected chi connectivity index (χ3v) is 7.14. The van der Waals surface area contributed by atoms with Crippen LogP contribution in [0.25, 0.3) is 10.9 Å². The van der Waals surface area contributed by atoms with E-state index in [1.807, 2.05) is 18.2 Å². The lowest BCUT2D eigenvalue weighted by atomic mass is 9.92. The van der Waals surface area contributed by atoms with Crippen molar-refractivity contribution in [1.82, 2.24) is 4.98 Å². The highest BCUT2D eigenvalue weighted by Crippen LogP contribution is 2.33. The van der Waals surface area contributed by atoms with Crippen molar-refractivity contribution in [3.8, 4) is 5.75 Å². The number of para-hydroxylation sites is 1. The summed E-state index contributed by atoms with van der Waals surface area (Å²) in [5.74, 6) is 0.905. The summed E-state index contributed by atoms with van der Waals surface area (Å²) in [7, 11) is 0. The molecule has 37 heavy (non-hydrogen) atoms. The predicted molar refractivity (Wildman–Crippen MR) is 152 cm³/mol. The van der Waals surface area contributed by atoms with Crippen LogP contribution in [-0.2, 0) is 30.6 Å². The maximum absolute atomic E-state index is 5.91. The van der Waals surface area contributed by atoms with Crippen LogP contribution in [0, 0.1) is 0 Å². The van der Waals surface area contributed by atoms with Gasteiger partial charge >= 0.3 is 0 Å². The number of pyridine rings is 1. The summed E-state index contributed by atoms with van der Waals surface area (Å²) in [4.78, 5) is 4.95. The predicted octanol–water partition coefficient (Wildman–Crippen LogP) is 7.53. The first kappa shape index (κ1) is 25.3. The van der Waals surface area contributed by atoms with Gasteiger partial charge in [0.05, 0.1) is 12.1 Å². The highest BCUT2D eigenvalue weighted by molar-refractivity contribution is 5.93.